The summed E-state index contributed by atoms with van der Waals surface area (Å²) < 4.78 is 2.06. The molecule has 0 spiro atoms. The van der Waals surface area contributed by atoms with Gasteiger partial charge >= 0.3 is 0 Å². The minimum Gasteiger partial charge on any atom is -0.354 e. The van der Waals surface area contributed by atoms with Crippen LogP contribution < -0.4 is 4.90 Å². The third-order valence-corrected chi connectivity index (χ3v) is 3.65. The second-order valence-electron chi connectivity index (χ2n) is 5.11. The fourth-order valence-corrected chi connectivity index (χ4v) is 2.57. The monoisotopic (exact) mass is 266 g/mol. The zero-order valence-electron chi connectivity index (χ0n) is 11.1. The summed E-state index contributed by atoms with van der Waals surface area (Å²) in [5.74, 6) is 2.36. The first-order chi connectivity index (χ1) is 9.81. The average molecular weight is 266 g/mol. The number of hydrogen-bond acceptors (Lipinski definition) is 5. The Hall–Kier alpha value is -2.50. The molecule has 0 atom stereocenters. The molecule has 6 heteroatoms. The van der Waals surface area contributed by atoms with Gasteiger partial charge in [-0.2, -0.15) is 0 Å². The lowest BCUT2D eigenvalue weighted by molar-refractivity contribution is 0.491. The van der Waals surface area contributed by atoms with Gasteiger partial charge in [-0.1, -0.05) is 6.07 Å². The molecule has 0 unspecified atom stereocenters. The summed E-state index contributed by atoms with van der Waals surface area (Å²) in [6.45, 7) is 3.78. The number of rotatable bonds is 2. The molecule has 0 saturated carbocycles. The SMILES string of the molecule is Cc1cncc(N2CC(c3nnc4ccccn34)C2)n1. The van der Waals surface area contributed by atoms with Crippen LogP contribution in [0.25, 0.3) is 5.65 Å². The van der Waals surface area contributed by atoms with Crippen molar-refractivity contribution in [3.63, 3.8) is 0 Å². The van der Waals surface area contributed by atoms with Crippen LogP contribution in [0, 0.1) is 6.92 Å². The predicted octanol–water partition coefficient (Wildman–Crippen LogP) is 1.43. The largest absolute Gasteiger partial charge is 0.354 e. The Bertz CT molecular complexity index is 759. The molecule has 4 heterocycles. The van der Waals surface area contributed by atoms with Crippen molar-refractivity contribution in [3.8, 4) is 0 Å². The Balaban J connectivity index is 1.56. The third-order valence-electron chi connectivity index (χ3n) is 3.65. The van der Waals surface area contributed by atoms with Crippen LogP contribution in [0.15, 0.2) is 36.8 Å². The highest BCUT2D eigenvalue weighted by Crippen LogP contribution is 2.29. The van der Waals surface area contributed by atoms with Crippen molar-refractivity contribution in [3.05, 3.63) is 48.3 Å². The highest BCUT2D eigenvalue weighted by molar-refractivity contribution is 5.44. The normalized spacial score (nSPS) is 15.6. The molecule has 0 aliphatic carbocycles. The van der Waals surface area contributed by atoms with Crippen molar-refractivity contribution in [1.82, 2.24) is 24.6 Å². The summed E-state index contributed by atoms with van der Waals surface area (Å²) in [6.07, 6.45) is 5.59. The second-order valence-corrected chi connectivity index (χ2v) is 5.11. The van der Waals surface area contributed by atoms with Crippen molar-refractivity contribution < 1.29 is 0 Å². The van der Waals surface area contributed by atoms with E-state index in [2.05, 4.69) is 29.5 Å². The highest BCUT2D eigenvalue weighted by Gasteiger charge is 2.32. The van der Waals surface area contributed by atoms with Crippen molar-refractivity contribution >= 4 is 11.5 Å². The highest BCUT2D eigenvalue weighted by atomic mass is 15.3. The summed E-state index contributed by atoms with van der Waals surface area (Å²) in [5, 5.41) is 8.51. The van der Waals surface area contributed by atoms with E-state index in [0.717, 1.165) is 36.1 Å². The number of aryl methyl sites for hydroxylation is 1. The summed E-state index contributed by atoms with van der Waals surface area (Å²) in [6, 6.07) is 5.95. The van der Waals surface area contributed by atoms with Gasteiger partial charge < -0.3 is 4.90 Å². The molecular formula is C14H14N6. The lowest BCUT2D eigenvalue weighted by Crippen LogP contribution is -2.46. The van der Waals surface area contributed by atoms with Gasteiger partial charge in [0.25, 0.3) is 0 Å². The Morgan fingerprint density at radius 3 is 2.90 bits per heavy atom. The van der Waals surface area contributed by atoms with Gasteiger partial charge in [0.2, 0.25) is 0 Å². The lowest BCUT2D eigenvalue weighted by Gasteiger charge is -2.38. The minimum atomic E-state index is 0.398. The van der Waals surface area contributed by atoms with Crippen LogP contribution in [-0.4, -0.2) is 37.7 Å². The van der Waals surface area contributed by atoms with Gasteiger partial charge in [-0.15, -0.1) is 10.2 Å². The van der Waals surface area contributed by atoms with Gasteiger partial charge in [-0.05, 0) is 19.1 Å². The zero-order valence-corrected chi connectivity index (χ0v) is 11.1. The molecule has 0 radical (unpaired) electrons. The summed E-state index contributed by atoms with van der Waals surface area (Å²) in [4.78, 5) is 10.9. The van der Waals surface area contributed by atoms with Crippen molar-refractivity contribution in [1.29, 1.82) is 0 Å². The summed E-state index contributed by atoms with van der Waals surface area (Å²) in [7, 11) is 0. The number of nitrogens with zero attached hydrogens (tertiary/aromatic N) is 6. The molecule has 3 aromatic heterocycles. The van der Waals surface area contributed by atoms with Crippen LogP contribution >= 0.6 is 0 Å². The van der Waals surface area contributed by atoms with Gasteiger partial charge in [-0.3, -0.25) is 9.38 Å². The molecule has 100 valence electrons. The van der Waals surface area contributed by atoms with E-state index in [1.165, 1.54) is 0 Å². The van der Waals surface area contributed by atoms with Gasteiger partial charge in [0.1, 0.15) is 11.6 Å². The van der Waals surface area contributed by atoms with E-state index in [1.54, 1.807) is 6.20 Å². The maximum absolute atomic E-state index is 4.49. The van der Waals surface area contributed by atoms with E-state index >= 15 is 0 Å². The van der Waals surface area contributed by atoms with Crippen molar-refractivity contribution in [2.24, 2.45) is 0 Å². The van der Waals surface area contributed by atoms with Crippen molar-refractivity contribution in [2.75, 3.05) is 18.0 Å². The maximum atomic E-state index is 4.49. The molecule has 6 nitrogen and oxygen atoms in total. The first kappa shape index (κ1) is 11.3. The van der Waals surface area contributed by atoms with Gasteiger partial charge in [0, 0.05) is 25.5 Å². The molecule has 0 bridgehead atoms. The topological polar surface area (TPSA) is 59.2 Å². The standard InChI is InChI=1S/C14H14N6/c1-10-6-15-7-13(16-10)19-8-11(9-19)14-18-17-12-4-2-3-5-20(12)14/h2-7,11H,8-9H2,1H3. The molecule has 20 heavy (non-hydrogen) atoms. The molecule has 0 aromatic carbocycles. The van der Waals surface area contributed by atoms with Gasteiger partial charge in [0.05, 0.1) is 17.8 Å². The van der Waals surface area contributed by atoms with Crippen LogP contribution in [0.5, 0.6) is 0 Å². The minimum absolute atomic E-state index is 0.398. The molecule has 0 N–H and O–H groups in total. The van der Waals surface area contributed by atoms with Gasteiger partial charge in [-0.25, -0.2) is 4.98 Å². The van der Waals surface area contributed by atoms with Crippen LogP contribution in [-0.2, 0) is 0 Å². The first-order valence-electron chi connectivity index (χ1n) is 6.64. The van der Waals surface area contributed by atoms with Crippen LogP contribution in [0.2, 0.25) is 0 Å². The predicted molar refractivity (Wildman–Crippen MR) is 74.7 cm³/mol. The number of anilines is 1. The smallest absolute Gasteiger partial charge is 0.160 e. The van der Waals surface area contributed by atoms with E-state index < -0.39 is 0 Å². The number of hydrogen-bond donors (Lipinski definition) is 0. The first-order valence-corrected chi connectivity index (χ1v) is 6.64. The molecule has 1 fully saturated rings. The van der Waals surface area contributed by atoms with E-state index in [0.29, 0.717) is 5.92 Å². The fourth-order valence-electron chi connectivity index (χ4n) is 2.57. The Kier molecular flexibility index (Phi) is 2.42. The zero-order chi connectivity index (χ0) is 13.5. The van der Waals surface area contributed by atoms with Crippen LogP contribution in [0.1, 0.15) is 17.4 Å². The Labute approximate surface area is 116 Å². The Morgan fingerprint density at radius 1 is 1.15 bits per heavy atom. The van der Waals surface area contributed by atoms with Crippen LogP contribution in [0.4, 0.5) is 5.82 Å². The quantitative estimate of drug-likeness (QED) is 0.702. The Morgan fingerprint density at radius 2 is 2.05 bits per heavy atom. The van der Waals surface area contributed by atoms with Gasteiger partial charge in [0.15, 0.2) is 5.65 Å². The summed E-state index contributed by atoms with van der Waals surface area (Å²) in [5.41, 5.74) is 1.84. The average Bonchev–Trinajstić information content (AvgIpc) is 2.82. The van der Waals surface area contributed by atoms with Crippen LogP contribution in [0.3, 0.4) is 0 Å². The van der Waals surface area contributed by atoms with E-state index in [4.69, 9.17) is 0 Å². The fraction of sp³-hybridized carbons (Fsp3) is 0.286. The molecular weight excluding hydrogens is 252 g/mol. The molecule has 1 aliphatic heterocycles. The molecule has 1 aliphatic rings. The van der Waals surface area contributed by atoms with Crippen molar-refractivity contribution in [2.45, 2.75) is 12.8 Å². The molecule has 3 aromatic rings. The van der Waals surface area contributed by atoms with E-state index in [-0.39, 0.29) is 0 Å². The molecule has 1 saturated heterocycles. The molecule has 4 rings (SSSR count). The lowest BCUT2D eigenvalue weighted by atomic mass is 9.99. The molecule has 0 amide bonds. The van der Waals surface area contributed by atoms with E-state index in [1.807, 2.05) is 37.5 Å². The summed E-state index contributed by atoms with van der Waals surface area (Å²) >= 11 is 0. The third kappa shape index (κ3) is 1.72. The number of aromatic nitrogens is 5. The van der Waals surface area contributed by atoms with E-state index in [9.17, 15) is 0 Å². The maximum Gasteiger partial charge on any atom is 0.160 e. The number of fused-ring (bicyclic) bond motifs is 1. The second kappa shape index (κ2) is 4.26. The number of pyridine rings is 1.